The SMILES string of the molecule is Cn1cnc(CNc2cccc3c2OC(C)(C)CC3)c1. The molecule has 0 bridgehead atoms. The number of nitrogens with zero attached hydrogens (tertiary/aromatic N) is 2. The summed E-state index contributed by atoms with van der Waals surface area (Å²) in [5.74, 6) is 1.000. The molecule has 1 aliphatic heterocycles. The molecule has 2 heterocycles. The Morgan fingerprint density at radius 2 is 2.25 bits per heavy atom. The minimum atomic E-state index is -0.0875. The first-order valence-electron chi connectivity index (χ1n) is 7.05. The van der Waals surface area contributed by atoms with Gasteiger partial charge in [-0.1, -0.05) is 12.1 Å². The second-order valence-corrected chi connectivity index (χ2v) is 6.04. The molecule has 0 unspecified atom stereocenters. The van der Waals surface area contributed by atoms with Crippen molar-refractivity contribution in [2.45, 2.75) is 38.8 Å². The summed E-state index contributed by atoms with van der Waals surface area (Å²) in [4.78, 5) is 4.33. The number of nitrogens with one attached hydrogen (secondary N) is 1. The molecule has 0 spiro atoms. The lowest BCUT2D eigenvalue weighted by Gasteiger charge is -2.33. The average molecular weight is 271 g/mol. The Morgan fingerprint density at radius 3 is 3.00 bits per heavy atom. The van der Waals surface area contributed by atoms with Crippen molar-refractivity contribution in [3.05, 3.63) is 42.0 Å². The van der Waals surface area contributed by atoms with E-state index in [1.165, 1.54) is 5.56 Å². The van der Waals surface area contributed by atoms with E-state index >= 15 is 0 Å². The van der Waals surface area contributed by atoms with Gasteiger partial charge in [0, 0.05) is 13.2 Å². The number of aromatic nitrogens is 2. The summed E-state index contributed by atoms with van der Waals surface area (Å²) in [5, 5.41) is 3.44. The fourth-order valence-electron chi connectivity index (χ4n) is 2.55. The summed E-state index contributed by atoms with van der Waals surface area (Å²) < 4.78 is 8.11. The molecule has 1 N–H and O–H groups in total. The van der Waals surface area contributed by atoms with Gasteiger partial charge in [0.1, 0.15) is 11.4 Å². The smallest absolute Gasteiger partial charge is 0.146 e. The first-order valence-corrected chi connectivity index (χ1v) is 7.05. The molecule has 0 saturated heterocycles. The molecule has 0 saturated carbocycles. The zero-order valence-corrected chi connectivity index (χ0v) is 12.3. The van der Waals surface area contributed by atoms with E-state index in [1.807, 2.05) is 24.1 Å². The highest BCUT2D eigenvalue weighted by Gasteiger charge is 2.28. The average Bonchev–Trinajstić information content (AvgIpc) is 2.81. The van der Waals surface area contributed by atoms with Crippen molar-refractivity contribution in [3.8, 4) is 5.75 Å². The highest BCUT2D eigenvalue weighted by Crippen LogP contribution is 2.38. The lowest BCUT2D eigenvalue weighted by molar-refractivity contribution is 0.0856. The first kappa shape index (κ1) is 13.0. The molecule has 4 heteroatoms. The molecule has 0 amide bonds. The number of rotatable bonds is 3. The van der Waals surface area contributed by atoms with Gasteiger partial charge in [0.05, 0.1) is 24.3 Å². The Bertz CT molecular complexity index is 616. The van der Waals surface area contributed by atoms with Gasteiger partial charge in [-0.25, -0.2) is 4.98 Å². The van der Waals surface area contributed by atoms with Gasteiger partial charge >= 0.3 is 0 Å². The predicted octanol–water partition coefficient (Wildman–Crippen LogP) is 3.14. The molecule has 0 atom stereocenters. The highest BCUT2D eigenvalue weighted by molar-refractivity contribution is 5.61. The summed E-state index contributed by atoms with van der Waals surface area (Å²) in [5.41, 5.74) is 3.28. The van der Waals surface area contributed by atoms with E-state index in [9.17, 15) is 0 Å². The first-order chi connectivity index (χ1) is 9.53. The Balaban J connectivity index is 1.80. The Kier molecular flexibility index (Phi) is 3.16. The fraction of sp³-hybridized carbons (Fsp3) is 0.438. The Hall–Kier alpha value is -1.97. The zero-order chi connectivity index (χ0) is 14.2. The number of para-hydroxylation sites is 1. The van der Waals surface area contributed by atoms with Crippen LogP contribution in [0.1, 0.15) is 31.5 Å². The van der Waals surface area contributed by atoms with Gasteiger partial charge in [-0.05, 0) is 38.3 Å². The van der Waals surface area contributed by atoms with E-state index in [0.717, 1.165) is 30.0 Å². The zero-order valence-electron chi connectivity index (χ0n) is 12.3. The van der Waals surface area contributed by atoms with Crippen LogP contribution in [0.2, 0.25) is 0 Å². The van der Waals surface area contributed by atoms with Gasteiger partial charge < -0.3 is 14.6 Å². The summed E-state index contributed by atoms with van der Waals surface area (Å²) in [7, 11) is 1.98. The van der Waals surface area contributed by atoms with Gasteiger partial charge in [-0.2, -0.15) is 0 Å². The normalized spacial score (nSPS) is 16.4. The van der Waals surface area contributed by atoms with Crippen LogP contribution in [0.5, 0.6) is 5.75 Å². The van der Waals surface area contributed by atoms with E-state index < -0.39 is 0 Å². The van der Waals surface area contributed by atoms with Crippen molar-refractivity contribution in [1.29, 1.82) is 0 Å². The molecular weight excluding hydrogens is 250 g/mol. The number of anilines is 1. The number of aryl methyl sites for hydroxylation is 2. The summed E-state index contributed by atoms with van der Waals surface area (Å²) in [6, 6.07) is 6.31. The van der Waals surface area contributed by atoms with Gasteiger partial charge in [-0.15, -0.1) is 0 Å². The van der Waals surface area contributed by atoms with Crippen LogP contribution in [-0.2, 0) is 20.0 Å². The van der Waals surface area contributed by atoms with Crippen LogP contribution in [0, 0.1) is 0 Å². The van der Waals surface area contributed by atoms with Crippen LogP contribution in [0.15, 0.2) is 30.7 Å². The lowest BCUT2D eigenvalue weighted by atomic mass is 9.94. The number of hydrogen-bond acceptors (Lipinski definition) is 3. The monoisotopic (exact) mass is 271 g/mol. The third kappa shape index (κ3) is 2.64. The third-order valence-corrected chi connectivity index (χ3v) is 3.69. The Morgan fingerprint density at radius 1 is 1.40 bits per heavy atom. The maximum absolute atomic E-state index is 6.16. The van der Waals surface area contributed by atoms with Crippen LogP contribution in [0.25, 0.3) is 0 Å². The molecular formula is C16H21N3O. The summed E-state index contributed by atoms with van der Waals surface area (Å²) in [6.45, 7) is 5.00. The number of ether oxygens (including phenoxy) is 1. The van der Waals surface area contributed by atoms with Crippen molar-refractivity contribution in [1.82, 2.24) is 9.55 Å². The van der Waals surface area contributed by atoms with Crippen LogP contribution >= 0.6 is 0 Å². The predicted molar refractivity (Wildman–Crippen MR) is 80.0 cm³/mol. The molecule has 1 aliphatic rings. The molecule has 2 aromatic rings. The van der Waals surface area contributed by atoms with E-state index in [4.69, 9.17) is 4.74 Å². The molecule has 4 nitrogen and oxygen atoms in total. The largest absolute Gasteiger partial charge is 0.485 e. The number of benzene rings is 1. The molecule has 0 fully saturated rings. The maximum Gasteiger partial charge on any atom is 0.146 e. The second-order valence-electron chi connectivity index (χ2n) is 6.04. The fourth-order valence-corrected chi connectivity index (χ4v) is 2.55. The van der Waals surface area contributed by atoms with Crippen LogP contribution in [0.4, 0.5) is 5.69 Å². The summed E-state index contributed by atoms with van der Waals surface area (Å²) in [6.07, 6.45) is 5.97. The molecule has 1 aromatic heterocycles. The minimum Gasteiger partial charge on any atom is -0.485 e. The van der Waals surface area contributed by atoms with E-state index in [-0.39, 0.29) is 5.60 Å². The molecule has 0 radical (unpaired) electrons. The number of imidazole rings is 1. The Labute approximate surface area is 119 Å². The quantitative estimate of drug-likeness (QED) is 0.932. The van der Waals surface area contributed by atoms with Gasteiger partial charge in [0.15, 0.2) is 0 Å². The van der Waals surface area contributed by atoms with E-state index in [1.54, 1.807) is 0 Å². The topological polar surface area (TPSA) is 39.1 Å². The number of hydrogen-bond donors (Lipinski definition) is 1. The van der Waals surface area contributed by atoms with Crippen LogP contribution < -0.4 is 10.1 Å². The third-order valence-electron chi connectivity index (χ3n) is 3.69. The lowest BCUT2D eigenvalue weighted by Crippen LogP contribution is -2.33. The van der Waals surface area contributed by atoms with Crippen molar-refractivity contribution in [2.75, 3.05) is 5.32 Å². The van der Waals surface area contributed by atoms with Crippen molar-refractivity contribution in [3.63, 3.8) is 0 Å². The van der Waals surface area contributed by atoms with Crippen molar-refractivity contribution >= 4 is 5.69 Å². The minimum absolute atomic E-state index is 0.0875. The van der Waals surface area contributed by atoms with Crippen LogP contribution in [0.3, 0.4) is 0 Å². The second kappa shape index (κ2) is 4.85. The van der Waals surface area contributed by atoms with E-state index in [2.05, 4.69) is 42.3 Å². The molecule has 106 valence electrons. The molecule has 0 aliphatic carbocycles. The standard InChI is InChI=1S/C16H21N3O/c1-16(2)8-7-12-5-4-6-14(15(12)20-16)17-9-13-10-19(3)11-18-13/h4-6,10-11,17H,7-9H2,1-3H3. The van der Waals surface area contributed by atoms with Gasteiger partial charge in [0.25, 0.3) is 0 Å². The van der Waals surface area contributed by atoms with E-state index in [0.29, 0.717) is 6.54 Å². The van der Waals surface area contributed by atoms with Crippen molar-refractivity contribution in [2.24, 2.45) is 7.05 Å². The van der Waals surface area contributed by atoms with Crippen molar-refractivity contribution < 1.29 is 4.74 Å². The highest BCUT2D eigenvalue weighted by atomic mass is 16.5. The van der Waals surface area contributed by atoms with Gasteiger partial charge in [-0.3, -0.25) is 0 Å². The summed E-state index contributed by atoms with van der Waals surface area (Å²) >= 11 is 0. The molecule has 20 heavy (non-hydrogen) atoms. The van der Waals surface area contributed by atoms with Gasteiger partial charge in [0.2, 0.25) is 0 Å². The maximum atomic E-state index is 6.16. The molecule has 1 aromatic carbocycles. The number of fused-ring (bicyclic) bond motifs is 1. The molecule has 3 rings (SSSR count). The van der Waals surface area contributed by atoms with Crippen LogP contribution in [-0.4, -0.2) is 15.2 Å².